The minimum Gasteiger partial charge on any atom is -0.272 e. The van der Waals surface area contributed by atoms with Crippen LogP contribution in [-0.2, 0) is 0 Å². The Morgan fingerprint density at radius 3 is 2.64 bits per heavy atom. The number of nitrogens with zero attached hydrogens (tertiary/aromatic N) is 2. The van der Waals surface area contributed by atoms with Gasteiger partial charge in [0.1, 0.15) is 6.00 Å². The zero-order chi connectivity index (χ0) is 8.69. The Labute approximate surface area is 72.0 Å². The van der Waals surface area contributed by atoms with Crippen LogP contribution in [0, 0.1) is 0 Å². The number of halogens is 1. The molecule has 3 heteroatoms. The van der Waals surface area contributed by atoms with E-state index >= 15 is 0 Å². The molecule has 0 radical (unpaired) electrons. The second kappa shape index (κ2) is 5.86. The lowest BCUT2D eigenvalue weighted by molar-refractivity contribution is 1.34. The zero-order valence-electron chi connectivity index (χ0n) is 6.55. The van der Waals surface area contributed by atoms with Gasteiger partial charge in [0.2, 0.25) is 0 Å². The lowest BCUT2D eigenvalue weighted by Gasteiger charge is -1.96. The molecule has 0 aliphatic carbocycles. The molecular formula is C8H11ClN2. The summed E-state index contributed by atoms with van der Waals surface area (Å²) in [4.78, 5) is 7.57. The Morgan fingerprint density at radius 2 is 2.27 bits per heavy atom. The second-order valence-electron chi connectivity index (χ2n) is 1.86. The van der Waals surface area contributed by atoms with Crippen molar-refractivity contribution >= 4 is 24.0 Å². The van der Waals surface area contributed by atoms with Gasteiger partial charge in [-0.2, -0.15) is 0 Å². The quantitative estimate of drug-likeness (QED) is 0.352. The molecule has 0 saturated heterocycles. The van der Waals surface area contributed by atoms with Gasteiger partial charge in [-0.15, -0.1) is 11.6 Å². The van der Waals surface area contributed by atoms with Crippen LogP contribution in [0.25, 0.3) is 0 Å². The molecule has 0 aromatic carbocycles. The molecule has 11 heavy (non-hydrogen) atoms. The van der Waals surface area contributed by atoms with Crippen LogP contribution in [0.1, 0.15) is 6.92 Å². The van der Waals surface area contributed by atoms with E-state index in [1.165, 1.54) is 0 Å². The third-order valence-corrected chi connectivity index (χ3v) is 1.23. The van der Waals surface area contributed by atoms with Crippen LogP contribution in [0.2, 0.25) is 0 Å². The predicted molar refractivity (Wildman–Crippen MR) is 51.7 cm³/mol. The van der Waals surface area contributed by atoms with E-state index in [0.717, 1.165) is 11.3 Å². The van der Waals surface area contributed by atoms with Gasteiger partial charge in [0.15, 0.2) is 0 Å². The first-order valence-electron chi connectivity index (χ1n) is 3.12. The Kier molecular flexibility index (Phi) is 5.39. The monoisotopic (exact) mass is 170 g/mol. The van der Waals surface area contributed by atoms with Crippen LogP contribution in [0.4, 0.5) is 0 Å². The fourth-order valence-electron chi connectivity index (χ4n) is 0.618. The molecule has 0 unspecified atom stereocenters. The predicted octanol–water partition coefficient (Wildman–Crippen LogP) is 2.41. The van der Waals surface area contributed by atoms with Crippen LogP contribution in [0.15, 0.2) is 34.4 Å². The Morgan fingerprint density at radius 1 is 1.64 bits per heavy atom. The normalized spacial score (nSPS) is 12.9. The number of aliphatic imine (C=N–C) groups is 2. The number of alkyl halides is 1. The van der Waals surface area contributed by atoms with E-state index in [1.807, 2.05) is 6.92 Å². The molecule has 0 atom stereocenters. The molecule has 0 fully saturated rings. The maximum atomic E-state index is 5.41. The Bertz CT molecular complexity index is 204. The van der Waals surface area contributed by atoms with Crippen molar-refractivity contribution in [2.75, 3.05) is 6.00 Å². The van der Waals surface area contributed by atoms with Crippen LogP contribution in [-0.4, -0.2) is 18.4 Å². The summed E-state index contributed by atoms with van der Waals surface area (Å²) in [6.45, 7) is 8.80. The summed E-state index contributed by atoms with van der Waals surface area (Å²) >= 11 is 5.41. The lowest BCUT2D eigenvalue weighted by atomic mass is 10.2. The van der Waals surface area contributed by atoms with Crippen LogP contribution in [0.3, 0.4) is 0 Å². The molecule has 2 nitrogen and oxygen atoms in total. The van der Waals surface area contributed by atoms with E-state index in [4.69, 9.17) is 11.6 Å². The van der Waals surface area contributed by atoms with Crippen molar-refractivity contribution in [2.24, 2.45) is 9.98 Å². The summed E-state index contributed by atoms with van der Waals surface area (Å²) in [6.07, 6.45) is 3.26. The van der Waals surface area contributed by atoms with Crippen molar-refractivity contribution in [3.63, 3.8) is 0 Å². The van der Waals surface area contributed by atoms with Gasteiger partial charge >= 0.3 is 0 Å². The summed E-state index contributed by atoms with van der Waals surface area (Å²) < 4.78 is 0. The van der Waals surface area contributed by atoms with Crippen molar-refractivity contribution in [1.29, 1.82) is 0 Å². The molecule has 0 aliphatic heterocycles. The first kappa shape index (κ1) is 10.1. The maximum absolute atomic E-state index is 5.41. The standard InChI is InChI=1S/C8H11ClN2/c1-4-8(11-6-9)7(2)5-10-3/h4-5H,1,3,6H2,2H3/b7-5-,11-8-. The van der Waals surface area contributed by atoms with E-state index in [0.29, 0.717) is 0 Å². The molecule has 0 aromatic rings. The maximum Gasteiger partial charge on any atom is 0.114 e. The molecule has 0 N–H and O–H groups in total. The minimum absolute atomic E-state index is 0.240. The number of rotatable bonds is 4. The van der Waals surface area contributed by atoms with Gasteiger partial charge < -0.3 is 0 Å². The van der Waals surface area contributed by atoms with Gasteiger partial charge in [-0.1, -0.05) is 6.58 Å². The molecule has 0 spiro atoms. The zero-order valence-corrected chi connectivity index (χ0v) is 7.30. The fraction of sp³-hybridized carbons (Fsp3) is 0.250. The molecule has 0 saturated carbocycles. The number of hydrogen-bond acceptors (Lipinski definition) is 2. The first-order valence-corrected chi connectivity index (χ1v) is 3.65. The largest absolute Gasteiger partial charge is 0.272 e. The topological polar surface area (TPSA) is 24.7 Å². The highest BCUT2D eigenvalue weighted by atomic mass is 35.5. The third kappa shape index (κ3) is 3.73. The van der Waals surface area contributed by atoms with Gasteiger partial charge in [0.05, 0.1) is 5.71 Å². The van der Waals surface area contributed by atoms with Crippen molar-refractivity contribution < 1.29 is 0 Å². The molecule has 60 valence electrons. The first-order chi connectivity index (χ1) is 5.26. The second-order valence-corrected chi connectivity index (χ2v) is 2.10. The smallest absolute Gasteiger partial charge is 0.114 e. The minimum atomic E-state index is 0.240. The molecule has 0 aliphatic rings. The highest BCUT2D eigenvalue weighted by molar-refractivity contribution is 6.19. The molecule has 0 aromatic heterocycles. The average Bonchev–Trinajstić information content (AvgIpc) is 2.00. The summed E-state index contributed by atoms with van der Waals surface area (Å²) in [5.41, 5.74) is 1.67. The van der Waals surface area contributed by atoms with Crippen molar-refractivity contribution in [1.82, 2.24) is 0 Å². The highest BCUT2D eigenvalue weighted by Crippen LogP contribution is 1.99. The van der Waals surface area contributed by atoms with Crippen molar-refractivity contribution in [2.45, 2.75) is 6.92 Å². The Balaban J connectivity index is 4.50. The fourth-order valence-corrected chi connectivity index (χ4v) is 0.746. The van der Waals surface area contributed by atoms with Crippen LogP contribution < -0.4 is 0 Å². The summed E-state index contributed by atoms with van der Waals surface area (Å²) in [7, 11) is 0. The van der Waals surface area contributed by atoms with Crippen molar-refractivity contribution in [3.05, 3.63) is 24.4 Å². The van der Waals surface area contributed by atoms with Crippen LogP contribution >= 0.6 is 11.6 Å². The number of allylic oxidation sites excluding steroid dienone is 2. The Hall–Kier alpha value is -0.890. The number of hydrogen-bond donors (Lipinski definition) is 0. The van der Waals surface area contributed by atoms with E-state index in [9.17, 15) is 0 Å². The van der Waals surface area contributed by atoms with Gasteiger partial charge in [-0.05, 0) is 25.3 Å². The van der Waals surface area contributed by atoms with E-state index in [-0.39, 0.29) is 6.00 Å². The van der Waals surface area contributed by atoms with E-state index in [2.05, 4.69) is 23.3 Å². The summed E-state index contributed by atoms with van der Waals surface area (Å²) in [5.74, 6) is 0. The molecule has 0 rings (SSSR count). The average molecular weight is 171 g/mol. The highest BCUT2D eigenvalue weighted by Gasteiger charge is 1.93. The van der Waals surface area contributed by atoms with Gasteiger partial charge in [-0.25, -0.2) is 0 Å². The molecular weight excluding hydrogens is 160 g/mol. The van der Waals surface area contributed by atoms with E-state index in [1.54, 1.807) is 12.3 Å². The summed E-state index contributed by atoms with van der Waals surface area (Å²) in [6, 6.07) is 0.240. The van der Waals surface area contributed by atoms with Gasteiger partial charge in [0, 0.05) is 6.20 Å². The summed E-state index contributed by atoms with van der Waals surface area (Å²) in [5, 5.41) is 0. The van der Waals surface area contributed by atoms with Crippen molar-refractivity contribution in [3.8, 4) is 0 Å². The SMILES string of the molecule is C=CC(=N/CCl)/C(C)=C\N=C. The molecule has 0 bridgehead atoms. The van der Waals surface area contributed by atoms with E-state index < -0.39 is 0 Å². The van der Waals surface area contributed by atoms with Crippen LogP contribution in [0.5, 0.6) is 0 Å². The third-order valence-electron chi connectivity index (χ3n) is 1.11. The molecule has 0 amide bonds. The van der Waals surface area contributed by atoms with Gasteiger partial charge in [-0.3, -0.25) is 9.98 Å². The van der Waals surface area contributed by atoms with Gasteiger partial charge in [0.25, 0.3) is 0 Å². The molecule has 0 heterocycles. The lowest BCUT2D eigenvalue weighted by Crippen LogP contribution is -1.94.